The summed E-state index contributed by atoms with van der Waals surface area (Å²) in [6.45, 7) is 0.265. The lowest BCUT2D eigenvalue weighted by Gasteiger charge is -2.12. The van der Waals surface area contributed by atoms with E-state index in [1.54, 1.807) is 50.6 Å². The number of phenols is 1. The maximum absolute atomic E-state index is 12.0. The molecule has 0 aliphatic rings. The summed E-state index contributed by atoms with van der Waals surface area (Å²) in [5.41, 5.74) is 6.80. The normalized spacial score (nSPS) is 10.2. The highest BCUT2D eigenvalue weighted by molar-refractivity contribution is 5.78. The van der Waals surface area contributed by atoms with Crippen LogP contribution in [0.2, 0.25) is 0 Å². The van der Waals surface area contributed by atoms with Crippen molar-refractivity contribution in [1.82, 2.24) is 10.9 Å². The largest absolute Gasteiger partial charge is 0.504 e. The first kappa shape index (κ1) is 18.4. The van der Waals surface area contributed by atoms with Crippen molar-refractivity contribution in [2.24, 2.45) is 0 Å². The Balaban J connectivity index is 1.89. The van der Waals surface area contributed by atoms with Crippen molar-refractivity contribution in [2.45, 2.75) is 13.0 Å². The van der Waals surface area contributed by atoms with Gasteiger partial charge in [-0.2, -0.15) is 0 Å². The zero-order valence-electron chi connectivity index (χ0n) is 14.5. The molecule has 2 aromatic rings. The van der Waals surface area contributed by atoms with Gasteiger partial charge in [-0.25, -0.2) is 5.43 Å². The molecular formula is C18H22N2O5. The second kappa shape index (κ2) is 8.79. The fourth-order valence-electron chi connectivity index (χ4n) is 2.33. The van der Waals surface area contributed by atoms with Crippen LogP contribution in [0.5, 0.6) is 23.0 Å². The van der Waals surface area contributed by atoms with Gasteiger partial charge in [0.2, 0.25) is 5.91 Å². The average molecular weight is 346 g/mol. The average Bonchev–Trinajstić information content (AvgIpc) is 2.63. The van der Waals surface area contributed by atoms with E-state index >= 15 is 0 Å². The van der Waals surface area contributed by atoms with Crippen LogP contribution in [0.3, 0.4) is 0 Å². The number of methoxy groups -OCH3 is 3. The molecule has 25 heavy (non-hydrogen) atoms. The zero-order chi connectivity index (χ0) is 18.2. The third kappa shape index (κ3) is 4.77. The van der Waals surface area contributed by atoms with Crippen LogP contribution in [-0.4, -0.2) is 32.3 Å². The summed E-state index contributed by atoms with van der Waals surface area (Å²) >= 11 is 0. The molecule has 0 bridgehead atoms. The highest BCUT2D eigenvalue weighted by Crippen LogP contribution is 2.29. The van der Waals surface area contributed by atoms with Crippen molar-refractivity contribution in [3.05, 3.63) is 47.5 Å². The zero-order valence-corrected chi connectivity index (χ0v) is 14.5. The molecule has 7 nitrogen and oxygen atoms in total. The molecule has 7 heteroatoms. The third-order valence-electron chi connectivity index (χ3n) is 3.62. The van der Waals surface area contributed by atoms with E-state index in [-0.39, 0.29) is 24.6 Å². The van der Waals surface area contributed by atoms with Gasteiger partial charge >= 0.3 is 0 Å². The number of aromatic hydroxyl groups is 1. The van der Waals surface area contributed by atoms with Crippen LogP contribution >= 0.6 is 0 Å². The standard InChI is InChI=1S/C18H22N2O5/c1-23-14-8-7-12(9-16(14)25-3)10-17(21)20-19-11-13-5-4-6-15(24-2)18(13)22/h4-9,19,22H,10-11H2,1-3H3,(H,20,21). The highest BCUT2D eigenvalue weighted by Gasteiger charge is 2.10. The van der Waals surface area contributed by atoms with Gasteiger partial charge < -0.3 is 19.3 Å². The topological polar surface area (TPSA) is 89.1 Å². The van der Waals surface area contributed by atoms with Gasteiger partial charge in [0.05, 0.1) is 27.8 Å². The minimum atomic E-state index is -0.213. The fourth-order valence-corrected chi connectivity index (χ4v) is 2.33. The third-order valence-corrected chi connectivity index (χ3v) is 3.62. The molecule has 0 aliphatic heterocycles. The van der Waals surface area contributed by atoms with Crippen molar-refractivity contribution in [2.75, 3.05) is 21.3 Å². The smallest absolute Gasteiger partial charge is 0.238 e. The minimum absolute atomic E-state index is 0.0478. The number of amides is 1. The van der Waals surface area contributed by atoms with E-state index in [4.69, 9.17) is 14.2 Å². The lowest BCUT2D eigenvalue weighted by molar-refractivity contribution is -0.121. The predicted molar refractivity (Wildman–Crippen MR) is 92.9 cm³/mol. The van der Waals surface area contributed by atoms with E-state index in [0.29, 0.717) is 22.8 Å². The Bertz CT molecular complexity index is 733. The molecule has 0 saturated carbocycles. The molecule has 1 amide bonds. The van der Waals surface area contributed by atoms with Crippen LogP contribution in [0.4, 0.5) is 0 Å². The molecule has 0 aromatic heterocycles. The molecule has 0 saturated heterocycles. The van der Waals surface area contributed by atoms with Crippen LogP contribution in [0.15, 0.2) is 36.4 Å². The molecule has 0 aliphatic carbocycles. The number of benzene rings is 2. The Kier molecular flexibility index (Phi) is 6.47. The summed E-state index contributed by atoms with van der Waals surface area (Å²) in [6.07, 6.45) is 0.178. The number of nitrogens with one attached hydrogen (secondary N) is 2. The van der Waals surface area contributed by atoms with Gasteiger partial charge in [0.15, 0.2) is 23.0 Å². The predicted octanol–water partition coefficient (Wildman–Crippen LogP) is 1.78. The fraction of sp³-hybridized carbons (Fsp3) is 0.278. The van der Waals surface area contributed by atoms with Crippen LogP contribution < -0.4 is 25.1 Å². The first-order valence-electron chi connectivity index (χ1n) is 7.66. The van der Waals surface area contributed by atoms with Gasteiger partial charge in [-0.1, -0.05) is 18.2 Å². The molecule has 0 unspecified atom stereocenters. The van der Waals surface area contributed by atoms with Gasteiger partial charge in [0, 0.05) is 12.1 Å². The van der Waals surface area contributed by atoms with E-state index in [2.05, 4.69) is 10.9 Å². The molecule has 134 valence electrons. The van der Waals surface area contributed by atoms with Crippen molar-refractivity contribution in [3.63, 3.8) is 0 Å². The maximum Gasteiger partial charge on any atom is 0.238 e. The van der Waals surface area contributed by atoms with Gasteiger partial charge in [0.1, 0.15) is 0 Å². The highest BCUT2D eigenvalue weighted by atomic mass is 16.5. The van der Waals surface area contributed by atoms with E-state index in [0.717, 1.165) is 5.56 Å². The van der Waals surface area contributed by atoms with E-state index < -0.39 is 0 Å². The summed E-state index contributed by atoms with van der Waals surface area (Å²) in [5.74, 6) is 1.40. The Morgan fingerprint density at radius 2 is 1.72 bits per heavy atom. The Morgan fingerprint density at radius 3 is 2.40 bits per heavy atom. The Hall–Kier alpha value is -2.93. The quantitative estimate of drug-likeness (QED) is 0.632. The molecule has 2 aromatic carbocycles. The Labute approximate surface area is 146 Å². The summed E-state index contributed by atoms with van der Waals surface area (Å²) in [6, 6.07) is 10.5. The van der Waals surface area contributed by atoms with E-state index in [9.17, 15) is 9.90 Å². The second-order valence-corrected chi connectivity index (χ2v) is 5.24. The van der Waals surface area contributed by atoms with Crippen molar-refractivity contribution >= 4 is 5.91 Å². The number of ether oxygens (including phenoxy) is 3. The van der Waals surface area contributed by atoms with E-state index in [1.165, 1.54) is 7.11 Å². The van der Waals surface area contributed by atoms with Crippen molar-refractivity contribution < 1.29 is 24.1 Å². The number of phenolic OH excluding ortho intramolecular Hbond substituents is 1. The van der Waals surface area contributed by atoms with Gasteiger partial charge in [-0.05, 0) is 23.8 Å². The number of carbonyl (C=O) groups is 1. The van der Waals surface area contributed by atoms with Crippen molar-refractivity contribution in [1.29, 1.82) is 0 Å². The van der Waals surface area contributed by atoms with Crippen molar-refractivity contribution in [3.8, 4) is 23.0 Å². The maximum atomic E-state index is 12.0. The van der Waals surface area contributed by atoms with Crippen LogP contribution in [0, 0.1) is 0 Å². The molecule has 0 fully saturated rings. The van der Waals surface area contributed by atoms with E-state index in [1.807, 2.05) is 0 Å². The molecule has 0 spiro atoms. The molecule has 0 heterocycles. The monoisotopic (exact) mass is 346 g/mol. The summed E-state index contributed by atoms with van der Waals surface area (Å²) in [5, 5.41) is 9.99. The number of hydrogen-bond acceptors (Lipinski definition) is 6. The van der Waals surface area contributed by atoms with Crippen LogP contribution in [0.25, 0.3) is 0 Å². The first-order chi connectivity index (χ1) is 12.1. The SMILES string of the molecule is COc1ccc(CC(=O)NNCc2cccc(OC)c2O)cc1OC. The van der Waals surface area contributed by atoms with Gasteiger partial charge in [0.25, 0.3) is 0 Å². The summed E-state index contributed by atoms with van der Waals surface area (Å²) in [7, 11) is 4.59. The summed E-state index contributed by atoms with van der Waals surface area (Å²) in [4.78, 5) is 12.0. The summed E-state index contributed by atoms with van der Waals surface area (Å²) < 4.78 is 15.4. The lowest BCUT2D eigenvalue weighted by atomic mass is 10.1. The van der Waals surface area contributed by atoms with Crippen LogP contribution in [-0.2, 0) is 17.8 Å². The number of para-hydroxylation sites is 1. The number of hydrogen-bond donors (Lipinski definition) is 3. The second-order valence-electron chi connectivity index (χ2n) is 5.24. The molecule has 3 N–H and O–H groups in total. The van der Waals surface area contributed by atoms with Gasteiger partial charge in [-0.3, -0.25) is 10.2 Å². The lowest BCUT2D eigenvalue weighted by Crippen LogP contribution is -2.37. The van der Waals surface area contributed by atoms with Gasteiger partial charge in [-0.15, -0.1) is 0 Å². The first-order valence-corrected chi connectivity index (χ1v) is 7.66. The van der Waals surface area contributed by atoms with Crippen LogP contribution in [0.1, 0.15) is 11.1 Å². The number of hydrazine groups is 1. The molecular weight excluding hydrogens is 324 g/mol. The molecule has 2 rings (SSSR count). The molecule has 0 radical (unpaired) electrons. The molecule has 0 atom stereocenters. The Morgan fingerprint density at radius 1 is 1.00 bits per heavy atom. The minimum Gasteiger partial charge on any atom is -0.504 e. The number of carbonyl (C=O) groups excluding carboxylic acids is 1. The number of rotatable bonds is 8.